The number of ether oxygens (including phenoxy) is 4. The highest BCUT2D eigenvalue weighted by atomic mass is 16.5. The van der Waals surface area contributed by atoms with E-state index in [1.54, 1.807) is 30.2 Å². The fourth-order valence-electron chi connectivity index (χ4n) is 9.91. The lowest BCUT2D eigenvalue weighted by molar-refractivity contribution is -0.139. The van der Waals surface area contributed by atoms with Gasteiger partial charge >= 0.3 is 12.2 Å². The minimum absolute atomic E-state index is 0.0710. The zero-order chi connectivity index (χ0) is 45.6. The summed E-state index contributed by atoms with van der Waals surface area (Å²) in [4.78, 5) is 73.8. The summed E-state index contributed by atoms with van der Waals surface area (Å²) in [6.07, 6.45) is 1.25. The minimum atomic E-state index is -1.15. The van der Waals surface area contributed by atoms with Crippen molar-refractivity contribution in [3.63, 3.8) is 0 Å². The molecular formula is C47H58N8O9. The third-order valence-corrected chi connectivity index (χ3v) is 13.0. The van der Waals surface area contributed by atoms with Crippen LogP contribution < -0.4 is 10.1 Å². The first-order valence-electron chi connectivity index (χ1n) is 21.9. The van der Waals surface area contributed by atoms with E-state index in [1.165, 1.54) is 14.2 Å². The van der Waals surface area contributed by atoms with Crippen LogP contribution in [0.1, 0.15) is 69.8 Å². The molecule has 3 aliphatic rings. The molecule has 340 valence electrons. The standard InChI is InChI=1S/C47H58N8O9/c1-24(2)39(52-46(58)63-8)44(56)54-19-27(22-62-7)14-37(54)43-49-34-12-10-28-16-33-31-11-9-29(15-30(31)23-64-38(33)17-32(28)40(34)51-43)35-18-48-42(50-35)36-13-26(21-61-6)20-55(36)45(57)41(25(3)4)53(5)47(59)60/h9-12,15-18,24-27,36-37,39,41H,13-14,19-23H2,1-8H3,(H,48,50)(H,49,51)(H,52,58)(H,59,60)/t26-,27-,36-,37-,39-,41-/m0/s1. The number of rotatable bonds is 13. The van der Waals surface area contributed by atoms with E-state index in [-0.39, 0.29) is 47.6 Å². The van der Waals surface area contributed by atoms with Crippen molar-refractivity contribution in [1.29, 1.82) is 0 Å². The van der Waals surface area contributed by atoms with Crippen LogP contribution in [0, 0.1) is 23.7 Å². The second-order valence-corrected chi connectivity index (χ2v) is 18.1. The van der Waals surface area contributed by atoms with Gasteiger partial charge in [0.05, 0.1) is 55.3 Å². The maximum Gasteiger partial charge on any atom is 0.407 e. The van der Waals surface area contributed by atoms with Crippen molar-refractivity contribution in [2.45, 2.75) is 71.3 Å². The molecule has 0 radical (unpaired) electrons. The molecule has 4 amide bonds. The molecule has 4 N–H and O–H groups in total. The SMILES string of the molecule is COC[C@H]1C[C@@H](c2nc3c(ccc4cc5c(cc43)OCc3cc(-c4cnc([C@@H]6C[C@H](COC)CN6C(=O)[C@H](C(C)C)N(C)C(=O)O)[nH]4)ccc3-5)[nH]2)N(C(=O)[C@@H](NC(=O)OC)C(C)C)C1. The number of likely N-dealkylation sites (N-methyl/N-ethyl adjacent to an activating group) is 1. The van der Waals surface area contributed by atoms with E-state index in [9.17, 15) is 24.3 Å². The molecule has 5 aromatic rings. The number of benzene rings is 3. The first-order valence-corrected chi connectivity index (χ1v) is 21.9. The van der Waals surface area contributed by atoms with Crippen LogP contribution in [-0.2, 0) is 30.4 Å². The number of imidazole rings is 2. The normalized spacial score (nSPS) is 20.3. The highest BCUT2D eigenvalue weighted by molar-refractivity contribution is 6.07. The Morgan fingerprint density at radius 3 is 2.20 bits per heavy atom. The molecule has 64 heavy (non-hydrogen) atoms. The molecule has 3 aliphatic heterocycles. The van der Waals surface area contributed by atoms with Gasteiger partial charge in [0.25, 0.3) is 0 Å². The summed E-state index contributed by atoms with van der Waals surface area (Å²) in [6.45, 7) is 9.70. The van der Waals surface area contributed by atoms with E-state index in [0.29, 0.717) is 57.4 Å². The number of methoxy groups -OCH3 is 3. The fourth-order valence-corrected chi connectivity index (χ4v) is 9.91. The van der Waals surface area contributed by atoms with Crippen LogP contribution in [0.3, 0.4) is 0 Å². The third kappa shape index (κ3) is 8.33. The number of aromatic nitrogens is 4. The Bertz CT molecular complexity index is 2570. The maximum atomic E-state index is 14.1. The van der Waals surface area contributed by atoms with Crippen LogP contribution in [0.5, 0.6) is 5.75 Å². The van der Waals surface area contributed by atoms with Gasteiger partial charge in [-0.1, -0.05) is 45.9 Å². The zero-order valence-corrected chi connectivity index (χ0v) is 37.6. The molecule has 0 saturated carbocycles. The van der Waals surface area contributed by atoms with Crippen LogP contribution in [0.15, 0.2) is 48.7 Å². The van der Waals surface area contributed by atoms with E-state index in [2.05, 4.69) is 45.6 Å². The summed E-state index contributed by atoms with van der Waals surface area (Å²) in [5.74, 6) is 1.36. The molecule has 6 atom stereocenters. The molecule has 2 fully saturated rings. The molecule has 3 aromatic carbocycles. The summed E-state index contributed by atoms with van der Waals surface area (Å²) >= 11 is 0. The van der Waals surface area contributed by atoms with E-state index in [1.807, 2.05) is 39.8 Å². The Morgan fingerprint density at radius 1 is 0.875 bits per heavy atom. The van der Waals surface area contributed by atoms with Crippen LogP contribution in [-0.4, -0.2) is 131 Å². The highest BCUT2D eigenvalue weighted by Crippen LogP contribution is 2.44. The number of carbonyl (C=O) groups is 4. The van der Waals surface area contributed by atoms with Gasteiger partial charge in [0, 0.05) is 57.1 Å². The van der Waals surface area contributed by atoms with Crippen molar-refractivity contribution < 1.29 is 43.2 Å². The molecule has 17 heteroatoms. The fraction of sp³-hybridized carbons (Fsp3) is 0.489. The number of carboxylic acid groups (broad SMARTS) is 1. The number of alkyl carbamates (subject to hydrolysis) is 1. The number of fused-ring (bicyclic) bond motifs is 6. The number of nitrogens with zero attached hydrogens (tertiary/aromatic N) is 5. The number of H-pyrrole nitrogens is 2. The molecule has 0 bridgehead atoms. The summed E-state index contributed by atoms with van der Waals surface area (Å²) in [7, 11) is 6.02. The Labute approximate surface area is 371 Å². The lowest BCUT2D eigenvalue weighted by atomic mass is 9.92. The summed E-state index contributed by atoms with van der Waals surface area (Å²) in [5.41, 5.74) is 6.34. The summed E-state index contributed by atoms with van der Waals surface area (Å²) in [6, 6.07) is 12.2. The Morgan fingerprint density at radius 2 is 1.56 bits per heavy atom. The number of carbonyl (C=O) groups excluding carboxylic acids is 3. The molecule has 17 nitrogen and oxygen atoms in total. The van der Waals surface area contributed by atoms with Gasteiger partial charge in [-0.2, -0.15) is 0 Å². The average Bonchev–Trinajstić information content (AvgIpc) is 4.10. The van der Waals surface area contributed by atoms with E-state index >= 15 is 0 Å². The second kappa shape index (κ2) is 18.1. The number of likely N-dealkylation sites (tertiary alicyclic amines) is 2. The summed E-state index contributed by atoms with van der Waals surface area (Å²) < 4.78 is 22.3. The molecule has 2 saturated heterocycles. The quantitative estimate of drug-likeness (QED) is 0.0974. The van der Waals surface area contributed by atoms with Crippen LogP contribution >= 0.6 is 0 Å². The topological polar surface area (TPSA) is 205 Å². The zero-order valence-electron chi connectivity index (χ0n) is 37.6. The highest BCUT2D eigenvalue weighted by Gasteiger charge is 2.44. The predicted octanol–water partition coefficient (Wildman–Crippen LogP) is 6.75. The molecular weight excluding hydrogens is 821 g/mol. The van der Waals surface area contributed by atoms with Gasteiger partial charge in [-0.05, 0) is 71.0 Å². The molecule has 2 aromatic heterocycles. The molecule has 0 aliphatic carbocycles. The summed E-state index contributed by atoms with van der Waals surface area (Å²) in [5, 5.41) is 14.4. The number of amides is 4. The van der Waals surface area contributed by atoms with Gasteiger partial charge < -0.3 is 49.1 Å². The lowest BCUT2D eigenvalue weighted by Crippen LogP contribution is -2.51. The monoisotopic (exact) mass is 878 g/mol. The van der Waals surface area contributed by atoms with Crippen molar-refractivity contribution in [1.82, 2.24) is 40.0 Å². The number of aromatic amines is 2. The molecule has 0 unspecified atom stereocenters. The Balaban J connectivity index is 1.06. The van der Waals surface area contributed by atoms with Gasteiger partial charge in [0.1, 0.15) is 36.1 Å². The van der Waals surface area contributed by atoms with Gasteiger partial charge in [-0.3, -0.25) is 14.5 Å². The van der Waals surface area contributed by atoms with Crippen molar-refractivity contribution in [2.75, 3.05) is 54.7 Å². The van der Waals surface area contributed by atoms with Gasteiger partial charge in [0.2, 0.25) is 11.8 Å². The van der Waals surface area contributed by atoms with Crippen molar-refractivity contribution in [3.8, 4) is 28.1 Å². The van der Waals surface area contributed by atoms with Crippen LogP contribution in [0.25, 0.3) is 44.2 Å². The molecule has 8 rings (SSSR count). The predicted molar refractivity (Wildman–Crippen MR) is 238 cm³/mol. The minimum Gasteiger partial charge on any atom is -0.488 e. The first-order chi connectivity index (χ1) is 30.7. The Hall–Kier alpha value is -6.20. The molecule has 5 heterocycles. The lowest BCUT2D eigenvalue weighted by Gasteiger charge is -2.33. The van der Waals surface area contributed by atoms with Gasteiger partial charge in [-0.25, -0.2) is 19.6 Å². The van der Waals surface area contributed by atoms with Gasteiger partial charge in [0.15, 0.2) is 0 Å². The van der Waals surface area contributed by atoms with Crippen LogP contribution in [0.4, 0.5) is 9.59 Å². The second-order valence-electron chi connectivity index (χ2n) is 18.1. The maximum absolute atomic E-state index is 14.1. The third-order valence-electron chi connectivity index (χ3n) is 13.0. The van der Waals surface area contributed by atoms with E-state index in [0.717, 1.165) is 60.4 Å². The van der Waals surface area contributed by atoms with Crippen LogP contribution in [0.2, 0.25) is 0 Å². The smallest absolute Gasteiger partial charge is 0.407 e. The van der Waals surface area contributed by atoms with E-state index in [4.69, 9.17) is 28.9 Å². The number of nitrogens with one attached hydrogen (secondary N) is 3. The number of hydrogen-bond acceptors (Lipinski definition) is 10. The van der Waals surface area contributed by atoms with Crippen molar-refractivity contribution in [2.24, 2.45) is 23.7 Å². The number of hydrogen-bond donors (Lipinski definition) is 4. The van der Waals surface area contributed by atoms with Gasteiger partial charge in [-0.15, -0.1) is 0 Å². The Kier molecular flexibility index (Phi) is 12.6. The van der Waals surface area contributed by atoms with Crippen molar-refractivity contribution in [3.05, 3.63) is 65.9 Å². The largest absolute Gasteiger partial charge is 0.488 e. The molecule has 0 spiro atoms. The van der Waals surface area contributed by atoms with E-state index < -0.39 is 24.3 Å². The first kappa shape index (κ1) is 44.4. The van der Waals surface area contributed by atoms with Crippen molar-refractivity contribution >= 4 is 45.8 Å². The average molecular weight is 879 g/mol.